The van der Waals surface area contributed by atoms with E-state index in [2.05, 4.69) is 167 Å². The molecule has 3 nitrogen and oxygen atoms in total. The Bertz CT molecular complexity index is 3110. The van der Waals surface area contributed by atoms with E-state index in [0.29, 0.717) is 0 Å². The van der Waals surface area contributed by atoms with Crippen LogP contribution >= 0.6 is 11.3 Å². The van der Waals surface area contributed by atoms with Gasteiger partial charge in [0.15, 0.2) is 0 Å². The third-order valence-electron chi connectivity index (χ3n) is 10.1. The molecule has 0 unspecified atom stereocenters. The van der Waals surface area contributed by atoms with E-state index in [1.165, 1.54) is 53.1 Å². The second kappa shape index (κ2) is 10.6. The van der Waals surface area contributed by atoms with E-state index < -0.39 is 0 Å². The summed E-state index contributed by atoms with van der Waals surface area (Å²) in [7, 11) is 0. The molecule has 11 rings (SSSR count). The van der Waals surface area contributed by atoms with Crippen molar-refractivity contribution in [2.45, 2.75) is 0 Å². The van der Waals surface area contributed by atoms with Crippen LogP contribution in [-0.4, -0.2) is 4.57 Å². The molecule has 0 saturated heterocycles. The van der Waals surface area contributed by atoms with Gasteiger partial charge in [0.25, 0.3) is 0 Å². The van der Waals surface area contributed by atoms with E-state index >= 15 is 0 Å². The highest BCUT2D eigenvalue weighted by atomic mass is 32.1. The van der Waals surface area contributed by atoms with Gasteiger partial charge in [-0.2, -0.15) is 0 Å². The minimum atomic E-state index is 0.915. The molecule has 11 aromatic rings. The molecule has 3 heterocycles. The SMILES string of the molecule is c1ccc(-n2c3ccccc3c3cc(N(c4ccc5cc6oc7ccccc7c6cc5c4)c4cccc5c4sc4ccccc45)ccc32)cc1. The van der Waals surface area contributed by atoms with Crippen molar-refractivity contribution in [1.82, 2.24) is 4.57 Å². The van der Waals surface area contributed by atoms with Gasteiger partial charge in [-0.05, 0) is 89.6 Å². The fraction of sp³-hybridized carbons (Fsp3) is 0. The lowest BCUT2D eigenvalue weighted by atomic mass is 10.0. The minimum absolute atomic E-state index is 0.915. The molecular formula is C46H28N2OS. The van der Waals surface area contributed by atoms with E-state index in [4.69, 9.17) is 4.42 Å². The molecule has 0 aliphatic rings. The van der Waals surface area contributed by atoms with Crippen molar-refractivity contribution in [2.75, 3.05) is 4.90 Å². The topological polar surface area (TPSA) is 21.3 Å². The molecule has 50 heavy (non-hydrogen) atoms. The van der Waals surface area contributed by atoms with Gasteiger partial charge in [0.05, 0.1) is 21.4 Å². The quantitative estimate of drug-likeness (QED) is 0.188. The normalized spacial score (nSPS) is 12.0. The zero-order valence-electron chi connectivity index (χ0n) is 26.9. The van der Waals surface area contributed by atoms with Crippen molar-refractivity contribution >= 4 is 103 Å². The smallest absolute Gasteiger partial charge is 0.136 e. The fourth-order valence-electron chi connectivity index (χ4n) is 7.89. The second-order valence-electron chi connectivity index (χ2n) is 13.0. The average molecular weight is 657 g/mol. The Morgan fingerprint density at radius 1 is 0.440 bits per heavy atom. The zero-order chi connectivity index (χ0) is 32.8. The number of benzene rings is 8. The lowest BCUT2D eigenvalue weighted by molar-refractivity contribution is 0.669. The Morgan fingerprint density at radius 2 is 1.16 bits per heavy atom. The highest BCUT2D eigenvalue weighted by Crippen LogP contribution is 2.46. The van der Waals surface area contributed by atoms with Crippen molar-refractivity contribution in [3.8, 4) is 5.69 Å². The number of thiophene rings is 1. The van der Waals surface area contributed by atoms with Gasteiger partial charge in [0.2, 0.25) is 0 Å². The zero-order valence-corrected chi connectivity index (χ0v) is 27.7. The van der Waals surface area contributed by atoms with Crippen molar-refractivity contribution in [3.05, 3.63) is 170 Å². The fourth-order valence-corrected chi connectivity index (χ4v) is 9.09. The summed E-state index contributed by atoms with van der Waals surface area (Å²) >= 11 is 1.86. The third-order valence-corrected chi connectivity index (χ3v) is 11.3. The number of furan rings is 1. The molecule has 0 saturated carbocycles. The average Bonchev–Trinajstić information content (AvgIpc) is 3.84. The van der Waals surface area contributed by atoms with Crippen LogP contribution in [-0.2, 0) is 0 Å². The van der Waals surface area contributed by atoms with Crippen LogP contribution in [0.15, 0.2) is 174 Å². The number of fused-ring (bicyclic) bond motifs is 10. The Kier molecular flexibility index (Phi) is 5.83. The van der Waals surface area contributed by atoms with Gasteiger partial charge < -0.3 is 13.9 Å². The lowest BCUT2D eigenvalue weighted by Gasteiger charge is -2.26. The minimum Gasteiger partial charge on any atom is -0.456 e. The molecule has 234 valence electrons. The molecule has 0 bridgehead atoms. The maximum Gasteiger partial charge on any atom is 0.136 e. The molecular weight excluding hydrogens is 629 g/mol. The summed E-state index contributed by atoms with van der Waals surface area (Å²) in [5.74, 6) is 0. The van der Waals surface area contributed by atoms with Crippen LogP contribution in [0.3, 0.4) is 0 Å². The van der Waals surface area contributed by atoms with Crippen molar-refractivity contribution in [2.24, 2.45) is 0 Å². The van der Waals surface area contributed by atoms with Gasteiger partial charge >= 0.3 is 0 Å². The van der Waals surface area contributed by atoms with Gasteiger partial charge in [-0.3, -0.25) is 0 Å². The number of anilines is 3. The first-order chi connectivity index (χ1) is 24.8. The molecule has 4 heteroatoms. The Balaban J connectivity index is 1.19. The molecule has 0 fully saturated rings. The van der Waals surface area contributed by atoms with Crippen LogP contribution in [0.25, 0.3) is 80.4 Å². The first-order valence-corrected chi connectivity index (χ1v) is 17.7. The van der Waals surface area contributed by atoms with Crippen LogP contribution in [0.1, 0.15) is 0 Å². The van der Waals surface area contributed by atoms with E-state index in [0.717, 1.165) is 44.4 Å². The Labute approximate surface area is 291 Å². The maximum absolute atomic E-state index is 6.25. The van der Waals surface area contributed by atoms with Gasteiger partial charge in [-0.1, -0.05) is 91.0 Å². The lowest BCUT2D eigenvalue weighted by Crippen LogP contribution is -2.10. The standard InChI is InChI=1S/C46H28N2OS/c1-2-11-31(12-3-1)48-40-17-7-4-13-34(40)38-28-33(23-24-41(38)48)47(42-18-10-16-37-36-15-6-9-20-45(36)50-46(37)42)32-22-21-29-27-44-39(26-30(29)25-32)35-14-5-8-19-43(35)49-44/h1-28H. The molecule has 3 aromatic heterocycles. The van der Waals surface area contributed by atoms with Crippen molar-refractivity contribution in [1.29, 1.82) is 0 Å². The molecule has 0 amide bonds. The monoisotopic (exact) mass is 656 g/mol. The number of para-hydroxylation sites is 3. The van der Waals surface area contributed by atoms with Crippen LogP contribution in [0.2, 0.25) is 0 Å². The summed E-state index contributed by atoms with van der Waals surface area (Å²) in [5, 5.41) is 9.65. The largest absolute Gasteiger partial charge is 0.456 e. The van der Waals surface area contributed by atoms with Crippen LogP contribution in [0, 0.1) is 0 Å². The Morgan fingerprint density at radius 3 is 2.08 bits per heavy atom. The van der Waals surface area contributed by atoms with Crippen molar-refractivity contribution in [3.63, 3.8) is 0 Å². The molecule has 0 atom stereocenters. The van der Waals surface area contributed by atoms with E-state index in [-0.39, 0.29) is 0 Å². The predicted octanol–water partition coefficient (Wildman–Crippen LogP) is 13.7. The van der Waals surface area contributed by atoms with Gasteiger partial charge in [0.1, 0.15) is 11.2 Å². The van der Waals surface area contributed by atoms with Crippen LogP contribution in [0.4, 0.5) is 17.1 Å². The van der Waals surface area contributed by atoms with Gasteiger partial charge in [-0.15, -0.1) is 11.3 Å². The molecule has 0 radical (unpaired) electrons. The number of hydrogen-bond acceptors (Lipinski definition) is 3. The van der Waals surface area contributed by atoms with Crippen molar-refractivity contribution < 1.29 is 4.42 Å². The molecule has 0 N–H and O–H groups in total. The van der Waals surface area contributed by atoms with Crippen LogP contribution in [0.5, 0.6) is 0 Å². The number of aromatic nitrogens is 1. The highest BCUT2D eigenvalue weighted by molar-refractivity contribution is 7.26. The van der Waals surface area contributed by atoms with E-state index in [1.54, 1.807) is 0 Å². The molecule has 8 aromatic carbocycles. The second-order valence-corrected chi connectivity index (χ2v) is 14.0. The number of nitrogens with zero attached hydrogens (tertiary/aromatic N) is 2. The highest BCUT2D eigenvalue weighted by Gasteiger charge is 2.21. The Hall–Kier alpha value is -6.36. The summed E-state index contributed by atoms with van der Waals surface area (Å²) in [4.78, 5) is 2.45. The maximum atomic E-state index is 6.25. The van der Waals surface area contributed by atoms with E-state index in [1.807, 2.05) is 23.5 Å². The summed E-state index contributed by atoms with van der Waals surface area (Å²) < 4.78 is 11.2. The summed E-state index contributed by atoms with van der Waals surface area (Å²) in [5.41, 5.74) is 8.78. The first kappa shape index (κ1) is 27.6. The third kappa shape index (κ3) is 4.03. The van der Waals surface area contributed by atoms with Gasteiger partial charge in [-0.25, -0.2) is 0 Å². The van der Waals surface area contributed by atoms with E-state index in [9.17, 15) is 0 Å². The number of hydrogen-bond donors (Lipinski definition) is 0. The van der Waals surface area contributed by atoms with Crippen LogP contribution < -0.4 is 4.90 Å². The van der Waals surface area contributed by atoms with Gasteiger partial charge in [0, 0.05) is 54.1 Å². The predicted molar refractivity (Wildman–Crippen MR) is 213 cm³/mol. The summed E-state index contributed by atoms with van der Waals surface area (Å²) in [6.07, 6.45) is 0. The molecule has 0 aliphatic carbocycles. The summed E-state index contributed by atoms with van der Waals surface area (Å²) in [6, 6.07) is 61.4. The summed E-state index contributed by atoms with van der Waals surface area (Å²) in [6.45, 7) is 0. The molecule has 0 aliphatic heterocycles. The molecule has 0 spiro atoms. The first-order valence-electron chi connectivity index (χ1n) is 16.9. The number of rotatable bonds is 4.